The largest absolute Gasteiger partial charge is 0.459 e. The van der Waals surface area contributed by atoms with Gasteiger partial charge in [-0.2, -0.15) is 0 Å². The van der Waals surface area contributed by atoms with E-state index in [4.69, 9.17) is 15.2 Å². The third-order valence-electron chi connectivity index (χ3n) is 7.09. The number of anilines is 2. The number of carbonyl (C=O) groups is 1. The molecule has 0 radical (unpaired) electrons. The van der Waals surface area contributed by atoms with Gasteiger partial charge in [0.25, 0.3) is 5.91 Å². The first kappa shape index (κ1) is 24.1. The molecule has 36 heavy (non-hydrogen) atoms. The Morgan fingerprint density at radius 3 is 2.67 bits per heavy atom. The second-order valence-electron chi connectivity index (χ2n) is 9.28. The summed E-state index contributed by atoms with van der Waals surface area (Å²) in [7, 11) is 0. The third kappa shape index (κ3) is 4.62. The molecule has 0 unspecified atom stereocenters. The highest BCUT2D eigenvalue weighted by Crippen LogP contribution is 2.46. The van der Waals surface area contributed by atoms with Crippen LogP contribution in [0.2, 0.25) is 0 Å². The minimum absolute atomic E-state index is 0.0503. The molecule has 0 bridgehead atoms. The molecular formula is C30H32N2O4. The molecule has 3 atom stereocenters. The van der Waals surface area contributed by atoms with Gasteiger partial charge >= 0.3 is 0 Å². The van der Waals surface area contributed by atoms with Gasteiger partial charge in [-0.3, -0.25) is 4.79 Å². The summed E-state index contributed by atoms with van der Waals surface area (Å²) in [6.07, 6.45) is 3.50. The number of nitrogen functional groups attached to an aromatic ring is 1. The lowest BCUT2D eigenvalue weighted by Gasteiger charge is -2.37. The van der Waals surface area contributed by atoms with E-state index in [1.54, 1.807) is 12.1 Å². The van der Waals surface area contributed by atoms with E-state index < -0.39 is 6.29 Å². The molecule has 1 aliphatic heterocycles. The van der Waals surface area contributed by atoms with Crippen molar-refractivity contribution in [2.24, 2.45) is 5.92 Å². The van der Waals surface area contributed by atoms with Gasteiger partial charge < -0.3 is 25.6 Å². The summed E-state index contributed by atoms with van der Waals surface area (Å²) in [6.45, 7) is 2.46. The highest BCUT2D eigenvalue weighted by atomic mass is 16.7. The van der Waals surface area contributed by atoms with Crippen LogP contribution in [-0.2, 0) is 20.7 Å². The zero-order chi connectivity index (χ0) is 25.1. The number of aliphatic hydroxyl groups is 1. The van der Waals surface area contributed by atoms with E-state index in [9.17, 15) is 9.90 Å². The first-order chi connectivity index (χ1) is 17.6. The van der Waals surface area contributed by atoms with Gasteiger partial charge in [0.1, 0.15) is 0 Å². The number of hydrogen-bond donors (Lipinski definition) is 3. The van der Waals surface area contributed by atoms with Gasteiger partial charge in [-0.1, -0.05) is 54.6 Å². The number of amides is 1. The number of nitrogens with two attached hydrogens (primary N) is 1. The number of rotatable bonds is 8. The Balaban J connectivity index is 1.56. The van der Waals surface area contributed by atoms with E-state index in [1.165, 1.54) is 27.8 Å². The van der Waals surface area contributed by atoms with Crippen LogP contribution in [0.1, 0.15) is 42.4 Å². The molecule has 1 heterocycles. The van der Waals surface area contributed by atoms with Gasteiger partial charge in [-0.05, 0) is 72.2 Å². The number of benzene rings is 3. The normalized spacial score (nSPS) is 20.2. The molecule has 0 aromatic heterocycles. The fraction of sp³-hybridized carbons (Fsp3) is 0.300. The highest BCUT2D eigenvalue weighted by Gasteiger charge is 2.39. The van der Waals surface area contributed by atoms with Crippen LogP contribution in [0.15, 0.2) is 78.6 Å². The maximum absolute atomic E-state index is 13.3. The van der Waals surface area contributed by atoms with Gasteiger partial charge in [-0.15, -0.1) is 0 Å². The van der Waals surface area contributed by atoms with Crippen molar-refractivity contribution in [1.82, 2.24) is 0 Å². The topological polar surface area (TPSA) is 93.8 Å². The number of nitrogens with one attached hydrogen (secondary N) is 1. The van der Waals surface area contributed by atoms with Crippen LogP contribution in [0, 0.1) is 5.92 Å². The van der Waals surface area contributed by atoms with Crippen LogP contribution in [0.25, 0.3) is 11.1 Å². The number of aliphatic hydroxyl groups excluding tert-OH is 1. The van der Waals surface area contributed by atoms with Gasteiger partial charge in [0.15, 0.2) is 5.76 Å². The van der Waals surface area contributed by atoms with E-state index in [1.807, 2.05) is 25.1 Å². The first-order valence-electron chi connectivity index (χ1n) is 12.6. The molecular weight excluding hydrogens is 452 g/mol. The lowest BCUT2D eigenvalue weighted by Crippen LogP contribution is -2.37. The van der Waals surface area contributed by atoms with E-state index >= 15 is 0 Å². The second kappa shape index (κ2) is 10.6. The Kier molecular flexibility index (Phi) is 7.07. The Morgan fingerprint density at radius 1 is 1.08 bits per heavy atom. The number of ether oxygens (including phenoxy) is 2. The second-order valence-corrected chi connectivity index (χ2v) is 9.28. The van der Waals surface area contributed by atoms with Crippen molar-refractivity contribution in [3.8, 4) is 11.1 Å². The van der Waals surface area contributed by atoms with Crippen LogP contribution in [0.5, 0.6) is 0 Å². The SMILES string of the molecule is CCO[C@@H]1OC(C(=O)Nc2ccccc2N)=C[C@H](c2cccc3c2Cc2ccccc2-3)[C@@H]1CCCO. The van der Waals surface area contributed by atoms with Crippen molar-refractivity contribution < 1.29 is 19.4 Å². The molecule has 0 saturated carbocycles. The van der Waals surface area contributed by atoms with Crippen LogP contribution >= 0.6 is 0 Å². The van der Waals surface area contributed by atoms with Crippen molar-refractivity contribution in [2.75, 3.05) is 24.3 Å². The Bertz CT molecular complexity index is 1290. The Morgan fingerprint density at radius 2 is 1.86 bits per heavy atom. The van der Waals surface area contributed by atoms with E-state index in [2.05, 4.69) is 47.8 Å². The minimum Gasteiger partial charge on any atom is -0.459 e. The number of para-hydroxylation sites is 2. The standard InChI is InChI=1S/C30H32N2O4/c1-2-35-30-23(13-8-16-33)25(18-28(36-30)29(34)32-27-15-6-5-14-26(27)31)22-12-7-11-21-20-10-4-3-9-19(20)17-24(21)22/h3-7,9-12,14-15,18,23,25,30,33H,2,8,13,16-17,31H2,1H3,(H,32,34)/t23-,25+,30+/m0/s1. The predicted molar refractivity (Wildman–Crippen MR) is 141 cm³/mol. The molecule has 1 amide bonds. The molecule has 0 saturated heterocycles. The van der Waals surface area contributed by atoms with Crippen molar-refractivity contribution in [3.63, 3.8) is 0 Å². The number of fused-ring (bicyclic) bond motifs is 3. The van der Waals surface area contributed by atoms with E-state index in [0.29, 0.717) is 30.8 Å². The summed E-state index contributed by atoms with van der Waals surface area (Å²) in [5.41, 5.74) is 13.3. The quantitative estimate of drug-likeness (QED) is 0.298. The molecule has 3 aromatic carbocycles. The van der Waals surface area contributed by atoms with Gasteiger partial charge in [0.05, 0.1) is 11.4 Å². The lowest BCUT2D eigenvalue weighted by atomic mass is 9.78. The maximum Gasteiger partial charge on any atom is 0.290 e. The van der Waals surface area contributed by atoms with Gasteiger partial charge in [0.2, 0.25) is 6.29 Å². The summed E-state index contributed by atoms with van der Waals surface area (Å²) >= 11 is 0. The van der Waals surface area contributed by atoms with Crippen molar-refractivity contribution >= 4 is 17.3 Å². The molecule has 1 aliphatic carbocycles. The minimum atomic E-state index is -0.606. The summed E-state index contributed by atoms with van der Waals surface area (Å²) in [4.78, 5) is 13.3. The predicted octanol–water partition coefficient (Wildman–Crippen LogP) is 5.23. The van der Waals surface area contributed by atoms with Crippen LogP contribution in [0.3, 0.4) is 0 Å². The maximum atomic E-state index is 13.3. The molecule has 4 N–H and O–H groups in total. The third-order valence-corrected chi connectivity index (χ3v) is 7.09. The number of carbonyl (C=O) groups excluding carboxylic acids is 1. The molecule has 3 aromatic rings. The first-order valence-corrected chi connectivity index (χ1v) is 12.6. The molecule has 186 valence electrons. The molecule has 2 aliphatic rings. The molecule has 6 heteroatoms. The van der Waals surface area contributed by atoms with Crippen LogP contribution in [0.4, 0.5) is 11.4 Å². The van der Waals surface area contributed by atoms with Crippen LogP contribution in [-0.4, -0.2) is 30.5 Å². The van der Waals surface area contributed by atoms with Crippen molar-refractivity contribution in [3.05, 3.63) is 95.3 Å². The molecule has 0 spiro atoms. The number of hydrogen-bond acceptors (Lipinski definition) is 5. The van der Waals surface area contributed by atoms with E-state index in [-0.39, 0.29) is 30.1 Å². The average molecular weight is 485 g/mol. The highest BCUT2D eigenvalue weighted by molar-refractivity contribution is 6.04. The van der Waals surface area contributed by atoms with Gasteiger partial charge in [0, 0.05) is 25.0 Å². The Hall–Kier alpha value is -3.61. The summed E-state index contributed by atoms with van der Waals surface area (Å²) in [6, 6.07) is 22.0. The summed E-state index contributed by atoms with van der Waals surface area (Å²) in [5, 5.41) is 12.5. The smallest absolute Gasteiger partial charge is 0.290 e. The summed E-state index contributed by atoms with van der Waals surface area (Å²) < 4.78 is 12.2. The Labute approximate surface area is 211 Å². The molecule has 0 fully saturated rings. The average Bonchev–Trinajstić information content (AvgIpc) is 3.28. The molecule has 5 rings (SSSR count). The van der Waals surface area contributed by atoms with Crippen molar-refractivity contribution in [2.45, 2.75) is 38.4 Å². The van der Waals surface area contributed by atoms with Crippen LogP contribution < -0.4 is 11.1 Å². The van der Waals surface area contributed by atoms with E-state index in [0.717, 1.165) is 6.42 Å². The monoisotopic (exact) mass is 484 g/mol. The van der Waals surface area contributed by atoms with Gasteiger partial charge in [-0.25, -0.2) is 0 Å². The fourth-order valence-electron chi connectivity index (χ4n) is 5.41. The van der Waals surface area contributed by atoms with Crippen molar-refractivity contribution in [1.29, 1.82) is 0 Å². The lowest BCUT2D eigenvalue weighted by molar-refractivity contribution is -0.165. The zero-order valence-electron chi connectivity index (χ0n) is 20.4. The zero-order valence-corrected chi connectivity index (χ0v) is 20.4. The number of allylic oxidation sites excluding steroid dienone is 1. The molecule has 6 nitrogen and oxygen atoms in total. The summed E-state index contributed by atoms with van der Waals surface area (Å²) in [5.74, 6) is -0.306. The fourth-order valence-corrected chi connectivity index (χ4v) is 5.41.